The molecule has 1 N–H and O–H groups in total. The van der Waals surface area contributed by atoms with Gasteiger partial charge in [-0.05, 0) is 18.6 Å². The molecule has 1 amide bonds. The smallest absolute Gasteiger partial charge is 0.220 e. The van der Waals surface area contributed by atoms with Gasteiger partial charge in [-0.3, -0.25) is 4.79 Å². The lowest BCUT2D eigenvalue weighted by Gasteiger charge is -2.23. The summed E-state index contributed by atoms with van der Waals surface area (Å²) in [7, 11) is 0. The molecule has 1 aromatic carbocycles. The average Bonchev–Trinajstić information content (AvgIpc) is 2.79. The summed E-state index contributed by atoms with van der Waals surface area (Å²) in [6.45, 7) is 1.92. The third-order valence-electron chi connectivity index (χ3n) is 2.56. The van der Waals surface area contributed by atoms with Gasteiger partial charge in [-0.1, -0.05) is 65.6 Å². The van der Waals surface area contributed by atoms with Crippen molar-refractivity contribution in [3.8, 4) is 0 Å². The predicted octanol–water partition coefficient (Wildman–Crippen LogP) is 5.00. The second-order valence-electron chi connectivity index (χ2n) is 4.30. The van der Waals surface area contributed by atoms with Crippen LogP contribution in [0.2, 0.25) is 0 Å². The van der Waals surface area contributed by atoms with Crippen LogP contribution in [0, 0.1) is 0 Å². The molecule has 0 spiro atoms. The first kappa shape index (κ1) is 17.2. The molecule has 0 unspecified atom stereocenters. The lowest BCUT2D eigenvalue weighted by atomic mass is 10.3. The summed E-state index contributed by atoms with van der Waals surface area (Å²) in [5, 5.41) is 2.07. The molecular weight excluding hydrogens is 371 g/mol. The van der Waals surface area contributed by atoms with Crippen molar-refractivity contribution >= 4 is 74.0 Å². The number of benzene rings is 1. The topological polar surface area (TPSA) is 42.0 Å². The maximum absolute atomic E-state index is 11.7. The number of nitrogens with one attached hydrogen (secondary N) is 1. The Morgan fingerprint density at radius 3 is 2.76 bits per heavy atom. The number of alkyl halides is 3. The molecule has 0 saturated carbocycles. The Balaban J connectivity index is 2.16. The number of thiazole rings is 1. The van der Waals surface area contributed by atoms with E-state index < -0.39 is 9.17 Å². The van der Waals surface area contributed by atoms with Gasteiger partial charge in [-0.2, -0.15) is 0 Å². The molecular formula is C13H13Cl3N2OS2. The van der Waals surface area contributed by atoms with Crippen LogP contribution < -0.4 is 5.32 Å². The summed E-state index contributed by atoms with van der Waals surface area (Å²) in [6.07, 6.45) is 1.14. The molecule has 0 saturated heterocycles. The van der Waals surface area contributed by atoms with E-state index >= 15 is 0 Å². The fourth-order valence-corrected chi connectivity index (χ4v) is 4.31. The number of amides is 1. The van der Waals surface area contributed by atoms with Crippen LogP contribution in [-0.4, -0.2) is 20.1 Å². The summed E-state index contributed by atoms with van der Waals surface area (Å²) < 4.78 is 0.207. The number of halogens is 3. The third kappa shape index (κ3) is 4.89. The molecule has 8 heteroatoms. The van der Waals surface area contributed by atoms with E-state index in [-0.39, 0.29) is 5.91 Å². The quantitative estimate of drug-likeness (QED) is 0.449. The predicted molar refractivity (Wildman–Crippen MR) is 92.6 cm³/mol. The first-order valence-electron chi connectivity index (χ1n) is 6.28. The van der Waals surface area contributed by atoms with Gasteiger partial charge in [0.1, 0.15) is 5.37 Å². The van der Waals surface area contributed by atoms with Crippen molar-refractivity contribution in [2.24, 2.45) is 0 Å². The summed E-state index contributed by atoms with van der Waals surface area (Å²) in [5.41, 5.74) is 0.896. The lowest BCUT2D eigenvalue weighted by molar-refractivity contribution is -0.121. The van der Waals surface area contributed by atoms with Gasteiger partial charge in [0.25, 0.3) is 0 Å². The largest absolute Gasteiger partial charge is 0.340 e. The Kier molecular flexibility index (Phi) is 6.03. The number of carbonyl (C=O) groups excluding carboxylic acids is 1. The van der Waals surface area contributed by atoms with Gasteiger partial charge in [0.05, 0.1) is 10.2 Å². The minimum atomic E-state index is -1.61. The molecule has 2 aromatic rings. The molecule has 0 bridgehead atoms. The SMILES string of the molecule is CCCC(=O)N[C@H](Sc1nc2ccccc2s1)C(Cl)(Cl)Cl. The zero-order chi connectivity index (χ0) is 15.5. The first-order valence-corrected chi connectivity index (χ1v) is 9.11. The van der Waals surface area contributed by atoms with Crippen molar-refractivity contribution in [3.63, 3.8) is 0 Å². The Bertz CT molecular complexity index is 594. The van der Waals surface area contributed by atoms with Gasteiger partial charge >= 0.3 is 0 Å². The van der Waals surface area contributed by atoms with E-state index in [0.29, 0.717) is 6.42 Å². The summed E-state index contributed by atoms with van der Waals surface area (Å²) in [6, 6.07) is 7.78. The molecule has 1 aromatic heterocycles. The van der Waals surface area contributed by atoms with Crippen molar-refractivity contribution in [1.82, 2.24) is 10.3 Å². The zero-order valence-corrected chi connectivity index (χ0v) is 15.0. The highest BCUT2D eigenvalue weighted by atomic mass is 35.6. The van der Waals surface area contributed by atoms with E-state index in [1.807, 2.05) is 31.2 Å². The molecule has 114 valence electrons. The van der Waals surface area contributed by atoms with E-state index in [1.165, 1.54) is 23.1 Å². The number of hydrogen-bond donors (Lipinski definition) is 1. The fourth-order valence-electron chi connectivity index (χ4n) is 1.63. The number of hydrogen-bond acceptors (Lipinski definition) is 4. The van der Waals surface area contributed by atoms with Crippen molar-refractivity contribution in [2.75, 3.05) is 0 Å². The van der Waals surface area contributed by atoms with Crippen LogP contribution in [0.5, 0.6) is 0 Å². The highest BCUT2D eigenvalue weighted by Gasteiger charge is 2.35. The monoisotopic (exact) mass is 382 g/mol. The Hall–Kier alpha value is -0.200. The van der Waals surface area contributed by atoms with E-state index in [0.717, 1.165) is 21.0 Å². The van der Waals surface area contributed by atoms with Gasteiger partial charge in [-0.25, -0.2) is 4.98 Å². The second kappa shape index (κ2) is 7.38. The summed E-state index contributed by atoms with van der Waals surface area (Å²) >= 11 is 20.7. The molecule has 0 aliphatic carbocycles. The number of nitrogens with zero attached hydrogens (tertiary/aromatic N) is 1. The molecule has 1 heterocycles. The molecule has 1 atom stereocenters. The number of thioether (sulfide) groups is 1. The van der Waals surface area contributed by atoms with Crippen LogP contribution in [0.25, 0.3) is 10.2 Å². The molecule has 0 aliphatic heterocycles. The van der Waals surface area contributed by atoms with Crippen LogP contribution in [0.1, 0.15) is 19.8 Å². The second-order valence-corrected chi connectivity index (χ2v) is 9.06. The highest BCUT2D eigenvalue weighted by molar-refractivity contribution is 8.02. The number of rotatable bonds is 5. The van der Waals surface area contributed by atoms with Gasteiger partial charge in [-0.15, -0.1) is 11.3 Å². The number of aromatic nitrogens is 1. The van der Waals surface area contributed by atoms with Gasteiger partial charge in [0, 0.05) is 6.42 Å². The Morgan fingerprint density at radius 1 is 1.43 bits per heavy atom. The van der Waals surface area contributed by atoms with Crippen LogP contribution >= 0.6 is 57.9 Å². The number of para-hydroxylation sites is 1. The Morgan fingerprint density at radius 2 is 2.14 bits per heavy atom. The summed E-state index contributed by atoms with van der Waals surface area (Å²) in [4.78, 5) is 16.2. The fraction of sp³-hybridized carbons (Fsp3) is 0.385. The standard InChI is InChI=1S/C13H13Cl3N2OS2/c1-2-5-10(19)18-11(13(14,15)16)21-12-17-8-6-3-4-7-9(8)20-12/h3-4,6-7,11H,2,5H2,1H3,(H,18,19)/t11-/m1/s1. The van der Waals surface area contributed by atoms with Gasteiger partial charge in [0.15, 0.2) is 4.34 Å². The lowest BCUT2D eigenvalue weighted by Crippen LogP contribution is -2.41. The maximum atomic E-state index is 11.7. The summed E-state index contributed by atoms with van der Waals surface area (Å²) in [5.74, 6) is -0.137. The van der Waals surface area contributed by atoms with E-state index in [4.69, 9.17) is 34.8 Å². The molecule has 0 fully saturated rings. The van der Waals surface area contributed by atoms with E-state index in [9.17, 15) is 4.79 Å². The van der Waals surface area contributed by atoms with Crippen molar-refractivity contribution in [1.29, 1.82) is 0 Å². The highest BCUT2D eigenvalue weighted by Crippen LogP contribution is 2.41. The number of carbonyl (C=O) groups is 1. The first-order chi connectivity index (χ1) is 9.90. The van der Waals surface area contributed by atoms with E-state index in [1.54, 1.807) is 0 Å². The molecule has 3 nitrogen and oxygen atoms in total. The van der Waals surface area contributed by atoms with Gasteiger partial charge in [0.2, 0.25) is 9.70 Å². The minimum absolute atomic E-state index is 0.137. The Labute approximate surface area is 146 Å². The van der Waals surface area contributed by atoms with E-state index in [2.05, 4.69) is 10.3 Å². The minimum Gasteiger partial charge on any atom is -0.340 e. The van der Waals surface area contributed by atoms with Crippen molar-refractivity contribution in [2.45, 2.75) is 33.3 Å². The third-order valence-corrected chi connectivity index (χ3v) is 5.97. The molecule has 0 aliphatic rings. The van der Waals surface area contributed by atoms with Gasteiger partial charge < -0.3 is 5.32 Å². The number of fused-ring (bicyclic) bond motifs is 1. The molecule has 21 heavy (non-hydrogen) atoms. The zero-order valence-electron chi connectivity index (χ0n) is 11.1. The van der Waals surface area contributed by atoms with Crippen LogP contribution in [-0.2, 0) is 4.79 Å². The normalized spacial score (nSPS) is 13.3. The van der Waals surface area contributed by atoms with Crippen LogP contribution in [0.4, 0.5) is 0 Å². The van der Waals surface area contributed by atoms with Crippen LogP contribution in [0.15, 0.2) is 28.6 Å². The van der Waals surface area contributed by atoms with Crippen molar-refractivity contribution in [3.05, 3.63) is 24.3 Å². The maximum Gasteiger partial charge on any atom is 0.220 e. The van der Waals surface area contributed by atoms with Crippen molar-refractivity contribution < 1.29 is 4.79 Å². The molecule has 2 rings (SSSR count). The van der Waals surface area contributed by atoms with Crippen LogP contribution in [0.3, 0.4) is 0 Å². The molecule has 0 radical (unpaired) electrons. The average molecular weight is 384 g/mol.